The van der Waals surface area contributed by atoms with Gasteiger partial charge in [0.15, 0.2) is 0 Å². The monoisotopic (exact) mass is 367 g/mol. The van der Waals surface area contributed by atoms with Crippen molar-refractivity contribution in [3.05, 3.63) is 56.5 Å². The van der Waals surface area contributed by atoms with E-state index in [4.69, 9.17) is 0 Å². The first kappa shape index (κ1) is 17.8. The van der Waals surface area contributed by atoms with Crippen LogP contribution in [-0.4, -0.2) is 27.5 Å². The standard InChI is InChI=1S/C18H17N5O2S/c1-12(2)22(7-5-18-20-6-8-26-18)17-9-13(11-19)15-10-14(23(24)25)3-4-16(15)21-17/h3-4,6,8-10,12H,5,7H2,1-2H3. The molecule has 7 nitrogen and oxygen atoms in total. The third kappa shape index (κ3) is 3.63. The topological polar surface area (TPSA) is 96.0 Å². The van der Waals surface area contributed by atoms with Gasteiger partial charge in [0, 0.05) is 48.1 Å². The predicted octanol–water partition coefficient (Wildman–Crippen LogP) is 3.93. The van der Waals surface area contributed by atoms with Crippen LogP contribution in [0.5, 0.6) is 0 Å². The Labute approximate surface area is 154 Å². The number of nitro groups is 1. The number of anilines is 1. The van der Waals surface area contributed by atoms with Gasteiger partial charge in [-0.1, -0.05) is 0 Å². The zero-order valence-corrected chi connectivity index (χ0v) is 15.2. The van der Waals surface area contributed by atoms with Crippen LogP contribution >= 0.6 is 11.3 Å². The van der Waals surface area contributed by atoms with E-state index < -0.39 is 4.92 Å². The molecule has 0 atom stereocenters. The number of nitro benzene ring substituents is 1. The van der Waals surface area contributed by atoms with E-state index in [-0.39, 0.29) is 11.7 Å². The maximum Gasteiger partial charge on any atom is 0.270 e. The summed E-state index contributed by atoms with van der Waals surface area (Å²) in [4.78, 5) is 21.6. The summed E-state index contributed by atoms with van der Waals surface area (Å²) < 4.78 is 0. The number of benzene rings is 1. The summed E-state index contributed by atoms with van der Waals surface area (Å²) in [5.41, 5.74) is 0.909. The van der Waals surface area contributed by atoms with Crippen molar-refractivity contribution in [1.82, 2.24) is 9.97 Å². The summed E-state index contributed by atoms with van der Waals surface area (Å²) in [7, 11) is 0. The summed E-state index contributed by atoms with van der Waals surface area (Å²) in [6.45, 7) is 4.85. The number of aromatic nitrogens is 2. The van der Waals surface area contributed by atoms with E-state index >= 15 is 0 Å². The third-order valence-electron chi connectivity index (χ3n) is 4.08. The zero-order chi connectivity index (χ0) is 18.7. The summed E-state index contributed by atoms with van der Waals surface area (Å²) in [5, 5.41) is 24.0. The zero-order valence-electron chi connectivity index (χ0n) is 14.4. The third-order valence-corrected chi connectivity index (χ3v) is 4.92. The van der Waals surface area contributed by atoms with Gasteiger partial charge in [-0.25, -0.2) is 9.97 Å². The molecular formula is C18H17N5O2S. The summed E-state index contributed by atoms with van der Waals surface area (Å²) in [5.74, 6) is 0.689. The van der Waals surface area contributed by atoms with E-state index in [1.165, 1.54) is 12.1 Å². The van der Waals surface area contributed by atoms with Crippen LogP contribution in [0.4, 0.5) is 11.5 Å². The summed E-state index contributed by atoms with van der Waals surface area (Å²) in [6.07, 6.45) is 2.58. The number of non-ortho nitro benzene ring substituents is 1. The van der Waals surface area contributed by atoms with Crippen LogP contribution in [0.15, 0.2) is 35.8 Å². The largest absolute Gasteiger partial charge is 0.354 e. The van der Waals surface area contributed by atoms with Crippen molar-refractivity contribution in [3.63, 3.8) is 0 Å². The lowest BCUT2D eigenvalue weighted by Crippen LogP contribution is -2.33. The fraction of sp³-hybridized carbons (Fsp3) is 0.278. The second-order valence-corrected chi connectivity index (χ2v) is 7.04. The normalized spacial score (nSPS) is 10.8. The first-order valence-electron chi connectivity index (χ1n) is 8.14. The minimum atomic E-state index is -0.469. The summed E-state index contributed by atoms with van der Waals surface area (Å²) in [6, 6.07) is 8.44. The molecule has 0 aliphatic heterocycles. The minimum absolute atomic E-state index is 0.0481. The smallest absolute Gasteiger partial charge is 0.270 e. The number of thiazole rings is 1. The molecule has 2 heterocycles. The predicted molar refractivity (Wildman–Crippen MR) is 101 cm³/mol. The van der Waals surface area contributed by atoms with Crippen molar-refractivity contribution in [2.45, 2.75) is 26.3 Å². The molecule has 2 aromatic heterocycles. The molecular weight excluding hydrogens is 350 g/mol. The highest BCUT2D eigenvalue weighted by Gasteiger charge is 2.17. The van der Waals surface area contributed by atoms with Crippen molar-refractivity contribution in [2.24, 2.45) is 0 Å². The Morgan fingerprint density at radius 1 is 1.38 bits per heavy atom. The van der Waals surface area contributed by atoms with Crippen LogP contribution in [0.3, 0.4) is 0 Å². The number of pyridine rings is 1. The van der Waals surface area contributed by atoms with Crippen molar-refractivity contribution in [1.29, 1.82) is 5.26 Å². The number of rotatable bonds is 6. The highest BCUT2D eigenvalue weighted by atomic mass is 32.1. The molecule has 8 heteroatoms. The van der Waals surface area contributed by atoms with Crippen LogP contribution in [0.1, 0.15) is 24.4 Å². The molecule has 0 unspecified atom stereocenters. The molecule has 0 fully saturated rings. The number of nitriles is 1. The molecule has 0 amide bonds. The average molecular weight is 367 g/mol. The lowest BCUT2D eigenvalue weighted by atomic mass is 10.1. The molecule has 0 N–H and O–H groups in total. The Bertz CT molecular complexity index is 979. The van der Waals surface area contributed by atoms with E-state index in [0.717, 1.165) is 18.0 Å². The van der Waals surface area contributed by atoms with Gasteiger partial charge < -0.3 is 4.90 Å². The number of hydrogen-bond donors (Lipinski definition) is 0. The van der Waals surface area contributed by atoms with Crippen LogP contribution in [0, 0.1) is 21.4 Å². The van der Waals surface area contributed by atoms with Gasteiger partial charge >= 0.3 is 0 Å². The Morgan fingerprint density at radius 2 is 2.19 bits per heavy atom. The maximum atomic E-state index is 11.0. The number of hydrogen-bond acceptors (Lipinski definition) is 7. The number of fused-ring (bicyclic) bond motifs is 1. The first-order chi connectivity index (χ1) is 12.5. The molecule has 0 aliphatic carbocycles. The van der Waals surface area contributed by atoms with E-state index in [1.807, 2.05) is 5.38 Å². The molecule has 0 saturated heterocycles. The lowest BCUT2D eigenvalue weighted by molar-refractivity contribution is -0.384. The fourth-order valence-electron chi connectivity index (χ4n) is 2.78. The molecule has 26 heavy (non-hydrogen) atoms. The molecule has 3 aromatic rings. The highest BCUT2D eigenvalue weighted by molar-refractivity contribution is 7.09. The van der Waals surface area contributed by atoms with E-state index in [9.17, 15) is 15.4 Å². The molecule has 0 aliphatic rings. The van der Waals surface area contributed by atoms with Crippen molar-refractivity contribution >= 4 is 33.7 Å². The number of nitrogens with zero attached hydrogens (tertiary/aromatic N) is 5. The van der Waals surface area contributed by atoms with E-state index in [1.54, 1.807) is 29.7 Å². The van der Waals surface area contributed by atoms with Gasteiger partial charge in [-0.15, -0.1) is 11.3 Å². The maximum absolute atomic E-state index is 11.0. The van der Waals surface area contributed by atoms with Gasteiger partial charge in [0.1, 0.15) is 5.82 Å². The highest BCUT2D eigenvalue weighted by Crippen LogP contribution is 2.27. The average Bonchev–Trinajstić information content (AvgIpc) is 3.13. The first-order valence-corrected chi connectivity index (χ1v) is 9.02. The molecule has 0 radical (unpaired) electrons. The van der Waals surface area contributed by atoms with Crippen LogP contribution in [0.25, 0.3) is 10.9 Å². The fourth-order valence-corrected chi connectivity index (χ4v) is 3.39. The van der Waals surface area contributed by atoms with Gasteiger partial charge in [-0.3, -0.25) is 10.1 Å². The second kappa shape index (κ2) is 7.45. The van der Waals surface area contributed by atoms with Gasteiger partial charge in [0.25, 0.3) is 5.69 Å². The summed E-state index contributed by atoms with van der Waals surface area (Å²) >= 11 is 1.61. The van der Waals surface area contributed by atoms with E-state index in [2.05, 4.69) is 34.8 Å². The van der Waals surface area contributed by atoms with E-state index in [0.29, 0.717) is 22.3 Å². The second-order valence-electron chi connectivity index (χ2n) is 6.06. The lowest BCUT2D eigenvalue weighted by Gasteiger charge is -2.28. The Kier molecular flexibility index (Phi) is 5.09. The van der Waals surface area contributed by atoms with Gasteiger partial charge in [0.05, 0.1) is 27.1 Å². The minimum Gasteiger partial charge on any atom is -0.354 e. The van der Waals surface area contributed by atoms with Crippen LogP contribution in [-0.2, 0) is 6.42 Å². The Balaban J connectivity index is 2.00. The molecule has 132 valence electrons. The van der Waals surface area contributed by atoms with Crippen molar-refractivity contribution < 1.29 is 4.92 Å². The van der Waals surface area contributed by atoms with Crippen LogP contribution in [0.2, 0.25) is 0 Å². The van der Waals surface area contributed by atoms with Crippen LogP contribution < -0.4 is 4.90 Å². The SMILES string of the molecule is CC(C)N(CCc1nccs1)c1cc(C#N)c2cc([N+](=O)[O-])ccc2n1. The van der Waals surface area contributed by atoms with Crippen molar-refractivity contribution in [2.75, 3.05) is 11.4 Å². The van der Waals surface area contributed by atoms with Gasteiger partial charge in [-0.2, -0.15) is 5.26 Å². The molecule has 0 saturated carbocycles. The molecule has 1 aromatic carbocycles. The molecule has 0 spiro atoms. The quantitative estimate of drug-likeness (QED) is 0.484. The molecule has 3 rings (SSSR count). The Hall–Kier alpha value is -3.05. The van der Waals surface area contributed by atoms with Gasteiger partial charge in [0.2, 0.25) is 0 Å². The van der Waals surface area contributed by atoms with Crippen molar-refractivity contribution in [3.8, 4) is 6.07 Å². The Morgan fingerprint density at radius 3 is 2.81 bits per heavy atom. The van der Waals surface area contributed by atoms with Gasteiger partial charge in [-0.05, 0) is 26.0 Å². The molecule has 0 bridgehead atoms.